The molecule has 3 heteroatoms. The lowest BCUT2D eigenvalue weighted by Crippen LogP contribution is -2.20. The van der Waals surface area contributed by atoms with Crippen LogP contribution in [0.2, 0.25) is 0 Å². The fourth-order valence-electron chi connectivity index (χ4n) is 2.60. The van der Waals surface area contributed by atoms with Crippen molar-refractivity contribution in [1.82, 2.24) is 5.43 Å². The van der Waals surface area contributed by atoms with Gasteiger partial charge in [-0.2, -0.15) is 5.10 Å². The topological polar surface area (TPSA) is 41.5 Å². The van der Waals surface area contributed by atoms with E-state index in [0.29, 0.717) is 5.56 Å². The number of hydrogen-bond acceptors (Lipinski definition) is 2. The Kier molecular flexibility index (Phi) is 5.23. The van der Waals surface area contributed by atoms with Crippen molar-refractivity contribution >= 4 is 11.6 Å². The first-order valence-corrected chi connectivity index (χ1v) is 8.21. The molecule has 0 saturated carbocycles. The highest BCUT2D eigenvalue weighted by atomic mass is 16.2. The zero-order valence-corrected chi connectivity index (χ0v) is 15.4. The normalized spacial score (nSPS) is 12.2. The maximum absolute atomic E-state index is 12.3. The second kappa shape index (κ2) is 7.00. The lowest BCUT2D eigenvalue weighted by Gasteiger charge is -2.18. The number of carbonyl (C=O) groups is 1. The summed E-state index contributed by atoms with van der Waals surface area (Å²) in [5.74, 6) is -0.195. The van der Waals surface area contributed by atoms with E-state index >= 15 is 0 Å². The van der Waals surface area contributed by atoms with Crippen LogP contribution < -0.4 is 5.43 Å². The molecule has 0 aliphatic rings. The number of rotatable bonds is 3. The summed E-state index contributed by atoms with van der Waals surface area (Å²) in [5, 5.41) is 4.25. The van der Waals surface area contributed by atoms with Crippen LogP contribution in [-0.4, -0.2) is 11.6 Å². The quantitative estimate of drug-likeness (QED) is 0.643. The molecule has 0 spiro atoms. The number of nitrogens with one attached hydrogen (secondary N) is 1. The van der Waals surface area contributed by atoms with Crippen LogP contribution in [0.15, 0.2) is 47.6 Å². The average Bonchev–Trinajstić information content (AvgIpc) is 2.51. The summed E-state index contributed by atoms with van der Waals surface area (Å²) in [6.45, 7) is 12.5. The van der Waals surface area contributed by atoms with E-state index in [1.807, 2.05) is 50.2 Å². The standard InChI is InChI=1S/C21H26N2O/c1-14-7-12-19(15(2)13-14)16(3)22-23-20(24)17-8-10-18(11-9-17)21(4,5)6/h7-13H,1-6H3,(H,23,24)/b22-16+. The van der Waals surface area contributed by atoms with E-state index in [-0.39, 0.29) is 11.3 Å². The average molecular weight is 322 g/mol. The van der Waals surface area contributed by atoms with E-state index in [1.54, 1.807) is 0 Å². The summed E-state index contributed by atoms with van der Waals surface area (Å²) in [4.78, 5) is 12.3. The summed E-state index contributed by atoms with van der Waals surface area (Å²) < 4.78 is 0. The van der Waals surface area contributed by atoms with E-state index in [9.17, 15) is 4.79 Å². The van der Waals surface area contributed by atoms with E-state index in [4.69, 9.17) is 0 Å². The minimum atomic E-state index is -0.195. The van der Waals surface area contributed by atoms with Gasteiger partial charge in [0.05, 0.1) is 5.71 Å². The second-order valence-electron chi connectivity index (χ2n) is 7.28. The third kappa shape index (κ3) is 4.31. The monoisotopic (exact) mass is 322 g/mol. The van der Waals surface area contributed by atoms with Crippen LogP contribution in [0.1, 0.15) is 60.3 Å². The Labute approximate surface area is 144 Å². The first-order chi connectivity index (χ1) is 11.2. The Morgan fingerprint density at radius 3 is 2.17 bits per heavy atom. The number of aryl methyl sites for hydroxylation is 2. The largest absolute Gasteiger partial charge is 0.271 e. The Bertz CT molecular complexity index is 765. The van der Waals surface area contributed by atoms with Crippen molar-refractivity contribution in [2.45, 2.75) is 47.0 Å². The fraction of sp³-hybridized carbons (Fsp3) is 0.333. The van der Waals surface area contributed by atoms with Crippen molar-refractivity contribution in [2.75, 3.05) is 0 Å². The molecule has 0 fully saturated rings. The SMILES string of the molecule is C/C(=N\NC(=O)c1ccc(C(C)(C)C)cc1)c1ccc(C)cc1C. The molecule has 1 N–H and O–H groups in total. The van der Waals surface area contributed by atoms with Gasteiger partial charge in [-0.25, -0.2) is 5.43 Å². The molecule has 2 aromatic carbocycles. The van der Waals surface area contributed by atoms with Crippen molar-refractivity contribution in [3.8, 4) is 0 Å². The number of amides is 1. The third-order valence-corrected chi connectivity index (χ3v) is 4.11. The molecule has 0 heterocycles. The van der Waals surface area contributed by atoms with E-state index < -0.39 is 0 Å². The Hall–Kier alpha value is -2.42. The number of hydrazone groups is 1. The number of hydrogen-bond donors (Lipinski definition) is 1. The molecule has 0 aliphatic heterocycles. The second-order valence-corrected chi connectivity index (χ2v) is 7.28. The van der Waals surface area contributed by atoms with Gasteiger partial charge in [0.15, 0.2) is 0 Å². The van der Waals surface area contributed by atoms with Crippen LogP contribution in [0, 0.1) is 13.8 Å². The molecule has 0 bridgehead atoms. The van der Waals surface area contributed by atoms with Crippen LogP contribution in [0.5, 0.6) is 0 Å². The maximum Gasteiger partial charge on any atom is 0.271 e. The molecule has 0 aromatic heterocycles. The third-order valence-electron chi connectivity index (χ3n) is 4.11. The molecule has 0 saturated heterocycles. The zero-order valence-electron chi connectivity index (χ0n) is 15.4. The fourth-order valence-corrected chi connectivity index (χ4v) is 2.60. The maximum atomic E-state index is 12.3. The molecule has 2 rings (SSSR count). The zero-order chi connectivity index (χ0) is 17.9. The number of benzene rings is 2. The highest BCUT2D eigenvalue weighted by Gasteiger charge is 2.14. The summed E-state index contributed by atoms with van der Waals surface area (Å²) in [5.41, 5.74) is 8.75. The molecule has 0 unspecified atom stereocenters. The molecular formula is C21H26N2O. The molecule has 0 atom stereocenters. The van der Waals surface area contributed by atoms with Crippen molar-refractivity contribution in [1.29, 1.82) is 0 Å². The molecule has 126 valence electrons. The number of nitrogens with zero attached hydrogens (tertiary/aromatic N) is 1. The first kappa shape index (κ1) is 17.9. The molecule has 24 heavy (non-hydrogen) atoms. The minimum absolute atomic E-state index is 0.0761. The Balaban J connectivity index is 2.11. The van der Waals surface area contributed by atoms with Gasteiger partial charge in [-0.15, -0.1) is 0 Å². The highest BCUT2D eigenvalue weighted by Crippen LogP contribution is 2.22. The lowest BCUT2D eigenvalue weighted by molar-refractivity contribution is 0.0955. The van der Waals surface area contributed by atoms with Gasteiger partial charge in [-0.3, -0.25) is 4.79 Å². The Morgan fingerprint density at radius 1 is 1.00 bits per heavy atom. The predicted octanol–water partition coefficient (Wildman–Crippen LogP) is 4.75. The van der Waals surface area contributed by atoms with Crippen molar-refractivity contribution in [3.05, 3.63) is 70.3 Å². The molecule has 0 aliphatic carbocycles. The molecule has 3 nitrogen and oxygen atoms in total. The summed E-state index contributed by atoms with van der Waals surface area (Å²) in [7, 11) is 0. The van der Waals surface area contributed by atoms with Gasteiger partial charge in [-0.05, 0) is 49.4 Å². The molecular weight excluding hydrogens is 296 g/mol. The summed E-state index contributed by atoms with van der Waals surface area (Å²) >= 11 is 0. The van der Waals surface area contributed by atoms with E-state index in [1.165, 1.54) is 11.1 Å². The van der Waals surface area contributed by atoms with Gasteiger partial charge in [0.25, 0.3) is 5.91 Å². The van der Waals surface area contributed by atoms with Gasteiger partial charge < -0.3 is 0 Å². The van der Waals surface area contributed by atoms with Crippen LogP contribution in [-0.2, 0) is 5.41 Å². The van der Waals surface area contributed by atoms with E-state index in [0.717, 1.165) is 16.8 Å². The van der Waals surface area contributed by atoms with Gasteiger partial charge in [-0.1, -0.05) is 56.7 Å². The Morgan fingerprint density at radius 2 is 1.62 bits per heavy atom. The molecule has 1 amide bonds. The van der Waals surface area contributed by atoms with Gasteiger partial charge in [0.1, 0.15) is 0 Å². The first-order valence-electron chi connectivity index (χ1n) is 8.21. The smallest absolute Gasteiger partial charge is 0.267 e. The lowest BCUT2D eigenvalue weighted by atomic mass is 9.87. The van der Waals surface area contributed by atoms with E-state index in [2.05, 4.69) is 44.3 Å². The summed E-state index contributed by atoms with van der Waals surface area (Å²) in [6.07, 6.45) is 0. The predicted molar refractivity (Wildman–Crippen MR) is 101 cm³/mol. The van der Waals surface area contributed by atoms with Crippen LogP contribution in [0.4, 0.5) is 0 Å². The minimum Gasteiger partial charge on any atom is -0.267 e. The van der Waals surface area contributed by atoms with Crippen LogP contribution in [0.3, 0.4) is 0 Å². The van der Waals surface area contributed by atoms with Crippen LogP contribution in [0.25, 0.3) is 0 Å². The molecule has 0 radical (unpaired) electrons. The van der Waals surface area contributed by atoms with Gasteiger partial charge in [0, 0.05) is 11.1 Å². The van der Waals surface area contributed by atoms with Crippen molar-refractivity contribution < 1.29 is 4.79 Å². The molecule has 2 aromatic rings. The highest BCUT2D eigenvalue weighted by molar-refractivity contribution is 6.01. The van der Waals surface area contributed by atoms with Crippen molar-refractivity contribution in [3.63, 3.8) is 0 Å². The number of carbonyl (C=O) groups excluding carboxylic acids is 1. The van der Waals surface area contributed by atoms with Gasteiger partial charge in [0.2, 0.25) is 0 Å². The summed E-state index contributed by atoms with van der Waals surface area (Å²) in [6, 6.07) is 13.9. The van der Waals surface area contributed by atoms with Crippen molar-refractivity contribution in [2.24, 2.45) is 5.10 Å². The van der Waals surface area contributed by atoms with Gasteiger partial charge >= 0.3 is 0 Å². The van der Waals surface area contributed by atoms with Crippen LogP contribution >= 0.6 is 0 Å².